The van der Waals surface area contributed by atoms with Crippen LogP contribution in [-0.2, 0) is 0 Å². The zero-order valence-electron chi connectivity index (χ0n) is 10.0. The lowest BCUT2D eigenvalue weighted by molar-refractivity contribution is -0.135. The van der Waals surface area contributed by atoms with Crippen LogP contribution in [0.5, 0.6) is 0 Å². The van der Waals surface area contributed by atoms with E-state index in [1.165, 1.54) is 0 Å². The summed E-state index contributed by atoms with van der Waals surface area (Å²) >= 11 is 0. The Hall–Kier alpha value is -0.250. The standard InChI is InChI=1S/C11H22F3N/c1-10(2,3)8-9(15-4)6-5-7-11(12,13)14/h9,15H,5-8H2,1-4H3. The minimum Gasteiger partial charge on any atom is -0.317 e. The molecule has 1 nitrogen and oxygen atoms in total. The summed E-state index contributed by atoms with van der Waals surface area (Å²) in [5.41, 5.74) is 0.159. The predicted molar refractivity (Wildman–Crippen MR) is 56.8 cm³/mol. The van der Waals surface area contributed by atoms with Crippen molar-refractivity contribution < 1.29 is 13.2 Å². The highest BCUT2D eigenvalue weighted by Gasteiger charge is 2.27. The highest BCUT2D eigenvalue weighted by atomic mass is 19.4. The Labute approximate surface area is 90.4 Å². The van der Waals surface area contributed by atoms with E-state index in [2.05, 4.69) is 26.1 Å². The molecule has 1 unspecified atom stereocenters. The van der Waals surface area contributed by atoms with Crippen LogP contribution in [0.1, 0.15) is 46.5 Å². The lowest BCUT2D eigenvalue weighted by Crippen LogP contribution is -2.30. The SMILES string of the molecule is CNC(CCCC(F)(F)F)CC(C)(C)C. The lowest BCUT2D eigenvalue weighted by Gasteiger charge is -2.25. The number of rotatable bonds is 5. The fraction of sp³-hybridized carbons (Fsp3) is 1.00. The second-order valence-electron chi connectivity index (χ2n) is 5.26. The predicted octanol–water partition coefficient (Wildman–Crippen LogP) is 3.74. The molecule has 0 fully saturated rings. The van der Waals surface area contributed by atoms with Gasteiger partial charge < -0.3 is 5.32 Å². The first-order valence-electron chi connectivity index (χ1n) is 5.38. The van der Waals surface area contributed by atoms with Crippen LogP contribution in [0.15, 0.2) is 0 Å². The Balaban J connectivity index is 3.82. The summed E-state index contributed by atoms with van der Waals surface area (Å²) < 4.78 is 35.8. The van der Waals surface area contributed by atoms with E-state index in [0.29, 0.717) is 6.42 Å². The van der Waals surface area contributed by atoms with Crippen LogP contribution < -0.4 is 5.32 Å². The van der Waals surface area contributed by atoms with Crippen molar-refractivity contribution in [2.45, 2.75) is 58.7 Å². The van der Waals surface area contributed by atoms with Crippen molar-refractivity contribution >= 4 is 0 Å². The van der Waals surface area contributed by atoms with Crippen molar-refractivity contribution in [3.8, 4) is 0 Å². The van der Waals surface area contributed by atoms with Crippen molar-refractivity contribution in [1.82, 2.24) is 5.32 Å². The monoisotopic (exact) mass is 225 g/mol. The van der Waals surface area contributed by atoms with Gasteiger partial charge in [-0.3, -0.25) is 0 Å². The van der Waals surface area contributed by atoms with E-state index in [0.717, 1.165) is 6.42 Å². The molecular formula is C11H22F3N. The highest BCUT2D eigenvalue weighted by molar-refractivity contribution is 4.73. The van der Waals surface area contributed by atoms with Gasteiger partial charge in [-0.15, -0.1) is 0 Å². The van der Waals surface area contributed by atoms with Crippen molar-refractivity contribution in [2.24, 2.45) is 5.41 Å². The second kappa shape index (κ2) is 5.73. The van der Waals surface area contributed by atoms with E-state index in [1.807, 2.05) is 7.05 Å². The van der Waals surface area contributed by atoms with Gasteiger partial charge in [0.05, 0.1) is 0 Å². The molecule has 0 radical (unpaired) electrons. The molecule has 0 heterocycles. The summed E-state index contributed by atoms with van der Waals surface area (Å²) in [6.07, 6.45) is -2.98. The molecule has 0 aromatic carbocycles. The average Bonchev–Trinajstić information content (AvgIpc) is 1.97. The second-order valence-corrected chi connectivity index (χ2v) is 5.26. The molecule has 0 aliphatic heterocycles. The maximum Gasteiger partial charge on any atom is 0.389 e. The molecule has 1 atom stereocenters. The number of hydrogen-bond donors (Lipinski definition) is 1. The molecular weight excluding hydrogens is 203 g/mol. The molecule has 0 saturated carbocycles. The first kappa shape index (κ1) is 14.8. The quantitative estimate of drug-likeness (QED) is 0.751. The molecule has 1 N–H and O–H groups in total. The van der Waals surface area contributed by atoms with E-state index >= 15 is 0 Å². The number of alkyl halides is 3. The van der Waals surface area contributed by atoms with Gasteiger partial charge in [-0.25, -0.2) is 0 Å². The Morgan fingerprint density at radius 1 is 1.13 bits per heavy atom. The van der Waals surface area contributed by atoms with Crippen LogP contribution >= 0.6 is 0 Å². The van der Waals surface area contributed by atoms with Crippen LogP contribution in [0.25, 0.3) is 0 Å². The van der Waals surface area contributed by atoms with Crippen molar-refractivity contribution in [2.75, 3.05) is 7.05 Å². The summed E-state index contributed by atoms with van der Waals surface area (Å²) in [7, 11) is 1.81. The van der Waals surface area contributed by atoms with Gasteiger partial charge in [-0.05, 0) is 31.7 Å². The first-order chi connectivity index (χ1) is 6.64. The fourth-order valence-electron chi connectivity index (χ4n) is 1.64. The van der Waals surface area contributed by atoms with Gasteiger partial charge in [0.1, 0.15) is 0 Å². The third-order valence-corrected chi connectivity index (χ3v) is 2.28. The van der Waals surface area contributed by atoms with Gasteiger partial charge in [-0.2, -0.15) is 13.2 Å². The van der Waals surface area contributed by atoms with Gasteiger partial charge >= 0.3 is 6.18 Å². The molecule has 15 heavy (non-hydrogen) atoms. The Bertz CT molecular complexity index is 170. The Morgan fingerprint density at radius 2 is 1.67 bits per heavy atom. The van der Waals surface area contributed by atoms with Gasteiger partial charge in [0, 0.05) is 12.5 Å². The molecule has 0 spiro atoms. The van der Waals surface area contributed by atoms with E-state index in [9.17, 15) is 13.2 Å². The summed E-state index contributed by atoms with van der Waals surface area (Å²) in [5.74, 6) is 0. The molecule has 4 heteroatoms. The fourth-order valence-corrected chi connectivity index (χ4v) is 1.64. The summed E-state index contributed by atoms with van der Waals surface area (Å²) in [6, 6.07) is 0.187. The van der Waals surface area contributed by atoms with Crippen LogP contribution in [0.2, 0.25) is 0 Å². The van der Waals surface area contributed by atoms with Gasteiger partial charge in [0.2, 0.25) is 0 Å². The first-order valence-corrected chi connectivity index (χ1v) is 5.38. The largest absolute Gasteiger partial charge is 0.389 e. The van der Waals surface area contributed by atoms with Gasteiger partial charge in [0.15, 0.2) is 0 Å². The topological polar surface area (TPSA) is 12.0 Å². The van der Waals surface area contributed by atoms with E-state index in [1.54, 1.807) is 0 Å². The molecule has 0 saturated heterocycles. The molecule has 92 valence electrons. The van der Waals surface area contributed by atoms with E-state index in [4.69, 9.17) is 0 Å². The lowest BCUT2D eigenvalue weighted by atomic mass is 9.86. The highest BCUT2D eigenvalue weighted by Crippen LogP contribution is 2.26. The van der Waals surface area contributed by atoms with E-state index < -0.39 is 12.6 Å². The number of nitrogens with one attached hydrogen (secondary N) is 1. The van der Waals surface area contributed by atoms with Crippen LogP contribution in [0.3, 0.4) is 0 Å². The molecule has 0 bridgehead atoms. The minimum atomic E-state index is -4.01. The zero-order valence-corrected chi connectivity index (χ0v) is 10.0. The van der Waals surface area contributed by atoms with Crippen LogP contribution in [0.4, 0.5) is 13.2 Å². The third kappa shape index (κ3) is 10.0. The van der Waals surface area contributed by atoms with Crippen molar-refractivity contribution in [3.05, 3.63) is 0 Å². The summed E-state index contributed by atoms with van der Waals surface area (Å²) in [4.78, 5) is 0. The van der Waals surface area contributed by atoms with Crippen LogP contribution in [-0.4, -0.2) is 19.3 Å². The molecule has 0 aliphatic carbocycles. The molecule has 0 amide bonds. The normalized spacial score (nSPS) is 15.4. The molecule has 0 rings (SSSR count). The van der Waals surface area contributed by atoms with Crippen molar-refractivity contribution in [3.63, 3.8) is 0 Å². The van der Waals surface area contributed by atoms with Crippen molar-refractivity contribution in [1.29, 1.82) is 0 Å². The molecule has 0 aromatic rings. The zero-order chi connectivity index (χ0) is 12.1. The average molecular weight is 225 g/mol. The Morgan fingerprint density at radius 3 is 2.00 bits per heavy atom. The third-order valence-electron chi connectivity index (χ3n) is 2.28. The number of halogens is 3. The number of hydrogen-bond acceptors (Lipinski definition) is 1. The molecule has 0 aromatic heterocycles. The van der Waals surface area contributed by atoms with Crippen LogP contribution in [0, 0.1) is 5.41 Å². The summed E-state index contributed by atoms with van der Waals surface area (Å²) in [5, 5.41) is 3.08. The van der Waals surface area contributed by atoms with E-state index in [-0.39, 0.29) is 17.9 Å². The summed E-state index contributed by atoms with van der Waals surface area (Å²) in [6.45, 7) is 6.29. The maximum absolute atomic E-state index is 11.9. The minimum absolute atomic E-state index is 0.159. The maximum atomic E-state index is 11.9. The Kier molecular flexibility index (Phi) is 5.63. The van der Waals surface area contributed by atoms with Gasteiger partial charge in [0.25, 0.3) is 0 Å². The smallest absolute Gasteiger partial charge is 0.317 e. The van der Waals surface area contributed by atoms with Gasteiger partial charge in [-0.1, -0.05) is 20.8 Å². The molecule has 0 aliphatic rings.